The molecule has 0 aromatic carbocycles. The molecule has 0 aliphatic carbocycles. The van der Waals surface area contributed by atoms with Crippen molar-refractivity contribution in [3.63, 3.8) is 0 Å². The normalized spacial score (nSPS) is 19.6. The van der Waals surface area contributed by atoms with Gasteiger partial charge in [-0.15, -0.1) is 0 Å². The third-order valence-electron chi connectivity index (χ3n) is 1.56. The molecule has 2 nitrogen and oxygen atoms in total. The van der Waals surface area contributed by atoms with Crippen LogP contribution in [0, 0.1) is 0 Å². The van der Waals surface area contributed by atoms with Gasteiger partial charge in [0.15, 0.2) is 0 Å². The van der Waals surface area contributed by atoms with E-state index >= 15 is 0 Å². The largest absolute Gasteiger partial charge is 0.308 e. The van der Waals surface area contributed by atoms with E-state index in [9.17, 15) is 0 Å². The van der Waals surface area contributed by atoms with Crippen molar-refractivity contribution in [2.24, 2.45) is 4.99 Å². The van der Waals surface area contributed by atoms with E-state index < -0.39 is 0 Å². The Labute approximate surface area is 65.5 Å². The van der Waals surface area contributed by atoms with E-state index in [0.29, 0.717) is 0 Å². The average molecular weight is 144 g/mol. The third kappa shape index (κ3) is 1.15. The molecule has 2 heteroatoms. The van der Waals surface area contributed by atoms with Crippen LogP contribution in [0.5, 0.6) is 0 Å². The Balaban J connectivity index is 2.39. The summed E-state index contributed by atoms with van der Waals surface area (Å²) >= 11 is 0. The van der Waals surface area contributed by atoms with Crippen LogP contribution in [0.4, 0.5) is 0 Å². The number of aliphatic imine (C=N–C) groups is 1. The molecular formula is C9H8N2. The first-order valence-corrected chi connectivity index (χ1v) is 3.50. The zero-order valence-corrected chi connectivity index (χ0v) is 6.01. The molecule has 0 saturated carbocycles. The molecule has 0 saturated heterocycles. The monoisotopic (exact) mass is 144 g/mol. The van der Waals surface area contributed by atoms with Gasteiger partial charge in [-0.1, -0.05) is 12.2 Å². The van der Waals surface area contributed by atoms with Gasteiger partial charge in [0, 0.05) is 18.1 Å². The minimum Gasteiger partial charge on any atom is -0.308 e. The van der Waals surface area contributed by atoms with E-state index in [1.807, 2.05) is 41.5 Å². The van der Waals surface area contributed by atoms with Gasteiger partial charge in [-0.3, -0.25) is 0 Å². The second-order valence-corrected chi connectivity index (χ2v) is 2.31. The Morgan fingerprint density at radius 1 is 1.18 bits per heavy atom. The molecule has 2 aliphatic rings. The zero-order valence-electron chi connectivity index (χ0n) is 6.01. The molecule has 0 radical (unpaired) electrons. The third-order valence-corrected chi connectivity index (χ3v) is 1.56. The van der Waals surface area contributed by atoms with Gasteiger partial charge in [0.2, 0.25) is 0 Å². The quantitative estimate of drug-likeness (QED) is 0.506. The summed E-state index contributed by atoms with van der Waals surface area (Å²) in [6, 6.07) is 0. The van der Waals surface area contributed by atoms with Crippen LogP contribution in [-0.4, -0.2) is 11.2 Å². The Bertz CT molecular complexity index is 293. The van der Waals surface area contributed by atoms with Crippen LogP contribution in [0.1, 0.15) is 0 Å². The maximum atomic E-state index is 4.00. The number of allylic oxidation sites excluding steroid dienone is 5. The molecule has 11 heavy (non-hydrogen) atoms. The molecule has 0 atom stereocenters. The van der Waals surface area contributed by atoms with Crippen LogP contribution in [-0.2, 0) is 0 Å². The summed E-state index contributed by atoms with van der Waals surface area (Å²) in [6.45, 7) is 0. The fourth-order valence-electron chi connectivity index (χ4n) is 1.01. The van der Waals surface area contributed by atoms with E-state index in [0.717, 1.165) is 5.70 Å². The Morgan fingerprint density at radius 3 is 3.18 bits per heavy atom. The minimum absolute atomic E-state index is 1.14. The molecule has 0 amide bonds. The van der Waals surface area contributed by atoms with Gasteiger partial charge >= 0.3 is 0 Å². The average Bonchev–Trinajstić information content (AvgIpc) is 2.28. The van der Waals surface area contributed by atoms with Gasteiger partial charge < -0.3 is 4.90 Å². The first-order chi connectivity index (χ1) is 5.47. The van der Waals surface area contributed by atoms with E-state index in [1.165, 1.54) is 0 Å². The molecule has 0 spiro atoms. The van der Waals surface area contributed by atoms with Crippen molar-refractivity contribution in [1.82, 2.24) is 4.90 Å². The summed E-state index contributed by atoms with van der Waals surface area (Å²) in [5.74, 6) is 0. The molecule has 0 aromatic rings. The smallest absolute Gasteiger partial charge is 0.0990 e. The van der Waals surface area contributed by atoms with Gasteiger partial charge in [0.25, 0.3) is 0 Å². The van der Waals surface area contributed by atoms with Crippen LogP contribution in [0.2, 0.25) is 0 Å². The SMILES string of the molecule is C1=CC=C2C=CN=CN2C=C1. The Hall–Kier alpha value is -1.57. The van der Waals surface area contributed by atoms with Crippen LogP contribution in [0.25, 0.3) is 0 Å². The lowest BCUT2D eigenvalue weighted by Gasteiger charge is -2.16. The predicted molar refractivity (Wildman–Crippen MR) is 45.8 cm³/mol. The first-order valence-electron chi connectivity index (χ1n) is 3.50. The molecule has 0 bridgehead atoms. The van der Waals surface area contributed by atoms with Gasteiger partial charge in [-0.2, -0.15) is 0 Å². The highest BCUT2D eigenvalue weighted by molar-refractivity contribution is 5.64. The van der Waals surface area contributed by atoms with Crippen molar-refractivity contribution in [3.05, 3.63) is 48.5 Å². The first kappa shape index (κ1) is 6.16. The summed E-state index contributed by atoms with van der Waals surface area (Å²) in [5.41, 5.74) is 1.14. The maximum Gasteiger partial charge on any atom is 0.0990 e. The fraction of sp³-hybridized carbons (Fsp3) is 0. The van der Waals surface area contributed by atoms with Crippen LogP contribution < -0.4 is 0 Å². The Kier molecular flexibility index (Phi) is 1.44. The lowest BCUT2D eigenvalue weighted by atomic mass is 10.3. The molecule has 0 N–H and O–H groups in total. The summed E-state index contributed by atoms with van der Waals surface area (Å²) in [7, 11) is 0. The second-order valence-electron chi connectivity index (χ2n) is 2.31. The number of hydrogen-bond donors (Lipinski definition) is 0. The van der Waals surface area contributed by atoms with Crippen LogP contribution >= 0.6 is 0 Å². The van der Waals surface area contributed by atoms with Crippen LogP contribution in [0.15, 0.2) is 53.5 Å². The van der Waals surface area contributed by atoms with Crippen molar-refractivity contribution < 1.29 is 0 Å². The van der Waals surface area contributed by atoms with Crippen LogP contribution in [0.3, 0.4) is 0 Å². The van der Waals surface area contributed by atoms with E-state index in [1.54, 1.807) is 12.5 Å². The topological polar surface area (TPSA) is 15.6 Å². The maximum absolute atomic E-state index is 4.00. The highest BCUT2D eigenvalue weighted by Crippen LogP contribution is 2.11. The second kappa shape index (κ2) is 2.58. The van der Waals surface area contributed by atoms with E-state index in [2.05, 4.69) is 4.99 Å². The molecule has 0 unspecified atom stereocenters. The highest BCUT2D eigenvalue weighted by Gasteiger charge is 2.02. The van der Waals surface area contributed by atoms with Crippen molar-refractivity contribution >= 4 is 6.34 Å². The zero-order chi connectivity index (χ0) is 7.52. The molecule has 2 heterocycles. The lowest BCUT2D eigenvalue weighted by molar-refractivity contribution is 0.728. The van der Waals surface area contributed by atoms with Gasteiger partial charge in [0.1, 0.15) is 0 Å². The van der Waals surface area contributed by atoms with Crippen molar-refractivity contribution in [3.8, 4) is 0 Å². The summed E-state index contributed by atoms with van der Waals surface area (Å²) in [4.78, 5) is 5.98. The molecule has 54 valence electrons. The minimum atomic E-state index is 1.14. The number of rotatable bonds is 0. The van der Waals surface area contributed by atoms with E-state index in [-0.39, 0.29) is 0 Å². The molecule has 2 rings (SSSR count). The van der Waals surface area contributed by atoms with Crippen molar-refractivity contribution in [2.75, 3.05) is 0 Å². The summed E-state index contributed by atoms with van der Waals surface area (Å²) in [5, 5.41) is 0. The van der Waals surface area contributed by atoms with E-state index in [4.69, 9.17) is 0 Å². The molecule has 0 aromatic heterocycles. The fourth-order valence-corrected chi connectivity index (χ4v) is 1.01. The number of fused-ring (bicyclic) bond motifs is 1. The number of nitrogens with zero attached hydrogens (tertiary/aromatic N) is 2. The molecule has 0 fully saturated rings. The highest BCUT2D eigenvalue weighted by atomic mass is 15.2. The summed E-state index contributed by atoms with van der Waals surface area (Å²) in [6.07, 6.45) is 15.5. The predicted octanol–water partition coefficient (Wildman–Crippen LogP) is 1.81. The summed E-state index contributed by atoms with van der Waals surface area (Å²) < 4.78 is 0. The van der Waals surface area contributed by atoms with Gasteiger partial charge in [-0.05, 0) is 18.2 Å². The van der Waals surface area contributed by atoms with Crippen molar-refractivity contribution in [2.45, 2.75) is 0 Å². The standard InChI is InChI=1S/C9H8N2/c1-2-4-9-5-6-10-8-11(9)7-3-1/h1-8H. The van der Waals surface area contributed by atoms with Gasteiger partial charge in [0.05, 0.1) is 6.34 Å². The lowest BCUT2D eigenvalue weighted by Crippen LogP contribution is -2.14. The molecular weight excluding hydrogens is 136 g/mol. The Morgan fingerprint density at radius 2 is 2.18 bits per heavy atom. The number of hydrogen-bond acceptors (Lipinski definition) is 2. The van der Waals surface area contributed by atoms with Crippen molar-refractivity contribution in [1.29, 1.82) is 0 Å². The van der Waals surface area contributed by atoms with Gasteiger partial charge in [-0.25, -0.2) is 4.99 Å². The molecule has 2 aliphatic heterocycles.